The Morgan fingerprint density at radius 2 is 2.55 bits per heavy atom. The van der Waals surface area contributed by atoms with Crippen molar-refractivity contribution in [3.63, 3.8) is 0 Å². The number of aromatic nitrogens is 1. The van der Waals surface area contributed by atoms with Crippen LogP contribution in [0.25, 0.3) is 6.08 Å². The number of nitrogens with one attached hydrogen (secondary N) is 1. The molecule has 1 aromatic heterocycles. The van der Waals surface area contributed by atoms with Crippen LogP contribution in [0.2, 0.25) is 0 Å². The van der Waals surface area contributed by atoms with E-state index in [0.29, 0.717) is 0 Å². The van der Waals surface area contributed by atoms with Crippen LogP contribution >= 0.6 is 0 Å². The van der Waals surface area contributed by atoms with Crippen LogP contribution in [0, 0.1) is 0 Å². The number of hydrogen-bond donors (Lipinski definition) is 1. The number of aryl methyl sites for hydroxylation is 1. The topological polar surface area (TPSA) is 28.1 Å². The molecule has 0 saturated heterocycles. The van der Waals surface area contributed by atoms with E-state index in [-0.39, 0.29) is 1.43 Å². The first-order chi connectivity index (χ1) is 5.31. The highest BCUT2D eigenvalue weighted by Crippen LogP contribution is 2.20. The number of aromatic amines is 1. The summed E-state index contributed by atoms with van der Waals surface area (Å²) in [6, 6.07) is 1.99. The molecule has 0 fully saturated rings. The zero-order chi connectivity index (χ0) is 8.27. The summed E-state index contributed by atoms with van der Waals surface area (Å²) in [4.78, 5) is 7.04. The van der Waals surface area contributed by atoms with E-state index < -0.39 is 0 Å². The van der Waals surface area contributed by atoms with E-state index in [2.05, 4.69) is 30.2 Å². The normalized spacial score (nSPS) is 9.55. The van der Waals surface area contributed by atoms with Crippen LogP contribution in [0.1, 0.15) is 19.7 Å². The lowest BCUT2D eigenvalue weighted by atomic mass is 10.3. The van der Waals surface area contributed by atoms with Gasteiger partial charge in [0.25, 0.3) is 0 Å². The van der Waals surface area contributed by atoms with Crippen LogP contribution in [0.3, 0.4) is 0 Å². The molecule has 1 rings (SSSR count). The lowest BCUT2D eigenvalue weighted by molar-refractivity contribution is 1.06. The molecule has 0 saturated carbocycles. The van der Waals surface area contributed by atoms with E-state index in [1.807, 2.05) is 6.07 Å². The van der Waals surface area contributed by atoms with Crippen LogP contribution in [-0.4, -0.2) is 11.7 Å². The molecule has 60 valence electrons. The van der Waals surface area contributed by atoms with Crippen molar-refractivity contribution >= 4 is 18.5 Å². The van der Waals surface area contributed by atoms with Gasteiger partial charge in [-0.1, -0.05) is 13.5 Å². The number of hydrogen-bond acceptors (Lipinski definition) is 1. The van der Waals surface area contributed by atoms with Gasteiger partial charge in [-0.2, -0.15) is 0 Å². The maximum absolute atomic E-state index is 3.86. The van der Waals surface area contributed by atoms with Crippen LogP contribution in [0.4, 0.5) is 5.69 Å². The molecule has 0 aromatic carbocycles. The molecule has 0 aliphatic heterocycles. The van der Waals surface area contributed by atoms with Crippen LogP contribution in [0.15, 0.2) is 17.6 Å². The molecule has 1 N–H and O–H groups in total. The van der Waals surface area contributed by atoms with Crippen molar-refractivity contribution in [2.24, 2.45) is 4.99 Å². The van der Waals surface area contributed by atoms with Gasteiger partial charge < -0.3 is 4.98 Å². The second-order valence-corrected chi connectivity index (χ2v) is 2.31. The predicted octanol–water partition coefficient (Wildman–Crippen LogP) is 2.80. The Kier molecular flexibility index (Phi) is 2.26. The van der Waals surface area contributed by atoms with Gasteiger partial charge in [-0.15, -0.1) is 0 Å². The van der Waals surface area contributed by atoms with E-state index in [1.165, 1.54) is 5.69 Å². The van der Waals surface area contributed by atoms with E-state index in [1.54, 1.807) is 6.08 Å². The van der Waals surface area contributed by atoms with E-state index in [9.17, 15) is 0 Å². The molecular weight excluding hydrogens is 136 g/mol. The summed E-state index contributed by atoms with van der Waals surface area (Å²) in [6.07, 6.45) is 2.74. The fourth-order valence-electron chi connectivity index (χ4n) is 0.993. The fourth-order valence-corrected chi connectivity index (χ4v) is 0.993. The predicted molar refractivity (Wildman–Crippen MR) is 51.6 cm³/mol. The molecule has 0 aliphatic carbocycles. The summed E-state index contributed by atoms with van der Waals surface area (Å²) in [5.74, 6) is 0. The third-order valence-electron chi connectivity index (χ3n) is 1.64. The first-order valence-corrected chi connectivity index (χ1v) is 3.62. The average molecular weight is 150 g/mol. The third kappa shape index (κ3) is 1.40. The molecule has 0 amide bonds. The highest BCUT2D eigenvalue weighted by Gasteiger charge is 2.00. The lowest BCUT2D eigenvalue weighted by Gasteiger charge is -1.87. The van der Waals surface area contributed by atoms with Crippen molar-refractivity contribution in [2.75, 3.05) is 0 Å². The first-order valence-electron chi connectivity index (χ1n) is 3.62. The quantitative estimate of drug-likeness (QED) is 0.642. The van der Waals surface area contributed by atoms with Crippen molar-refractivity contribution in [1.82, 2.24) is 4.98 Å². The average Bonchev–Trinajstić information content (AvgIpc) is 2.46. The van der Waals surface area contributed by atoms with Gasteiger partial charge in [-0.3, -0.25) is 4.99 Å². The molecule has 0 spiro atoms. The summed E-state index contributed by atoms with van der Waals surface area (Å²) in [5.41, 5.74) is 3.01. The zero-order valence-corrected chi connectivity index (χ0v) is 6.72. The van der Waals surface area contributed by atoms with Gasteiger partial charge in [0.15, 0.2) is 0 Å². The Balaban J connectivity index is 0.00000121. The fraction of sp³-hybridized carbons (Fsp3) is 0.222. The number of rotatable bonds is 3. The number of H-pyrrole nitrogens is 1. The minimum atomic E-state index is 0. The molecule has 0 atom stereocenters. The second kappa shape index (κ2) is 3.19. The Bertz CT molecular complexity index is 251. The summed E-state index contributed by atoms with van der Waals surface area (Å²) in [5, 5.41) is 0. The van der Waals surface area contributed by atoms with Gasteiger partial charge in [0.1, 0.15) is 0 Å². The summed E-state index contributed by atoms with van der Waals surface area (Å²) >= 11 is 0. The molecule has 2 heteroatoms. The highest BCUT2D eigenvalue weighted by atomic mass is 14.8. The molecule has 1 heterocycles. The van der Waals surface area contributed by atoms with E-state index in [0.717, 1.165) is 17.8 Å². The van der Waals surface area contributed by atoms with E-state index in [4.69, 9.17) is 0 Å². The molecule has 0 radical (unpaired) electrons. The maximum atomic E-state index is 3.86. The molecule has 0 aliphatic rings. The van der Waals surface area contributed by atoms with E-state index >= 15 is 0 Å². The monoisotopic (exact) mass is 150 g/mol. The van der Waals surface area contributed by atoms with Crippen LogP contribution < -0.4 is 0 Å². The molecular formula is C9H14N2. The zero-order valence-electron chi connectivity index (χ0n) is 6.72. The van der Waals surface area contributed by atoms with Gasteiger partial charge in [-0.25, -0.2) is 0 Å². The Morgan fingerprint density at radius 1 is 1.82 bits per heavy atom. The van der Waals surface area contributed by atoms with Crippen LogP contribution in [0.5, 0.6) is 0 Å². The largest absolute Gasteiger partial charge is 0.357 e. The summed E-state index contributed by atoms with van der Waals surface area (Å²) in [7, 11) is 0. The molecule has 11 heavy (non-hydrogen) atoms. The van der Waals surface area contributed by atoms with Crippen molar-refractivity contribution < 1.29 is 1.43 Å². The molecule has 0 unspecified atom stereocenters. The van der Waals surface area contributed by atoms with Crippen LogP contribution in [-0.2, 0) is 6.42 Å². The van der Waals surface area contributed by atoms with Gasteiger partial charge in [-0.05, 0) is 25.3 Å². The van der Waals surface area contributed by atoms with Gasteiger partial charge >= 0.3 is 0 Å². The van der Waals surface area contributed by atoms with Gasteiger partial charge in [0, 0.05) is 7.12 Å². The van der Waals surface area contributed by atoms with Gasteiger partial charge in [0.2, 0.25) is 0 Å². The Hall–Kier alpha value is -1.31. The molecule has 0 bridgehead atoms. The minimum absolute atomic E-state index is 0. The van der Waals surface area contributed by atoms with Crippen molar-refractivity contribution in [1.29, 1.82) is 0 Å². The number of aliphatic imine (C=N–C) groups is 1. The Morgan fingerprint density at radius 3 is 2.91 bits per heavy atom. The number of nitrogens with zero attached hydrogens (tertiary/aromatic N) is 1. The summed E-state index contributed by atoms with van der Waals surface area (Å²) < 4.78 is 0. The summed E-state index contributed by atoms with van der Waals surface area (Å²) in [6.45, 7) is 9.23. The lowest BCUT2D eigenvalue weighted by Crippen LogP contribution is -1.77. The third-order valence-corrected chi connectivity index (χ3v) is 1.64. The minimum Gasteiger partial charge on any atom is -0.357 e. The second-order valence-electron chi connectivity index (χ2n) is 2.31. The SMILES string of the molecule is C=Cc1[nH]c(CC)cc1N=C.[HH]. The highest BCUT2D eigenvalue weighted by molar-refractivity contribution is 5.63. The maximum Gasteiger partial charge on any atom is 0.0874 e. The van der Waals surface area contributed by atoms with Gasteiger partial charge in [0.05, 0.1) is 11.4 Å². The molecule has 1 aromatic rings. The van der Waals surface area contributed by atoms with Crippen molar-refractivity contribution in [3.05, 3.63) is 24.0 Å². The smallest absolute Gasteiger partial charge is 0.0874 e. The molecule has 2 nitrogen and oxygen atoms in total. The van der Waals surface area contributed by atoms with Crippen molar-refractivity contribution in [3.8, 4) is 0 Å². The Labute approximate surface area is 68.2 Å². The standard InChI is InChI=1S/C9H12N2.H2/c1-4-7-6-9(10-3)8(5-2)11-7;/h5-6,11H,2-4H2,1H3;1H. The first kappa shape index (κ1) is 7.79. The van der Waals surface area contributed by atoms with Crippen molar-refractivity contribution in [2.45, 2.75) is 13.3 Å².